The van der Waals surface area contributed by atoms with Gasteiger partial charge in [-0.1, -0.05) is 0 Å². The minimum absolute atomic E-state index is 0. The van der Waals surface area contributed by atoms with Crippen LogP contribution >= 0.6 is 0 Å². The normalized spacial score (nSPS) is 6.67. The molecule has 0 radical (unpaired) electrons. The molecule has 0 atom stereocenters. The number of hydrogen-bond acceptors (Lipinski definition) is 9. The third-order valence-electron chi connectivity index (χ3n) is 0.438. The van der Waals surface area contributed by atoms with Crippen molar-refractivity contribution in [2.45, 2.75) is 0 Å². The van der Waals surface area contributed by atoms with Gasteiger partial charge in [-0.3, -0.25) is 0 Å². The van der Waals surface area contributed by atoms with E-state index in [0.717, 1.165) is 0 Å². The van der Waals surface area contributed by atoms with Gasteiger partial charge in [-0.05, 0) is 41.7 Å². The van der Waals surface area contributed by atoms with E-state index >= 15 is 0 Å². The van der Waals surface area contributed by atoms with Gasteiger partial charge >= 0.3 is 29.6 Å². The molecule has 0 amide bonds. The molecule has 0 aromatic carbocycles. The van der Waals surface area contributed by atoms with Crippen molar-refractivity contribution in [2.24, 2.45) is 0 Å². The third kappa shape index (κ3) is 7.07. The van der Waals surface area contributed by atoms with Crippen LogP contribution in [0.25, 0.3) is 0 Å². The SMILES string of the molecule is N.[NaH].n1nn[nH]n1.n1nn[nH]n1. The Hall–Kier alpha value is -1.04. The van der Waals surface area contributed by atoms with Gasteiger partial charge in [0, 0.05) is 0 Å². The zero-order valence-electron chi connectivity index (χ0n) is 5.28. The van der Waals surface area contributed by atoms with Crippen LogP contribution in [0.5, 0.6) is 0 Å². The summed E-state index contributed by atoms with van der Waals surface area (Å²) in [5.41, 5.74) is 0. The molecule has 11 nitrogen and oxygen atoms in total. The Kier molecular flexibility index (Phi) is 11.2. The zero-order valence-corrected chi connectivity index (χ0v) is 5.28. The minimum Gasteiger partial charge on any atom is -0.157 e. The first-order valence-corrected chi connectivity index (χ1v) is 2.09. The molecular weight excluding hydrogens is 177 g/mol. The van der Waals surface area contributed by atoms with Crippen molar-refractivity contribution in [1.29, 1.82) is 0 Å². The summed E-state index contributed by atoms with van der Waals surface area (Å²) in [5.74, 6) is 0. The molecule has 2 aromatic rings. The van der Waals surface area contributed by atoms with E-state index in [1.54, 1.807) is 0 Å². The fourth-order valence-electron chi connectivity index (χ4n) is 0.200. The number of nitrogens with one attached hydrogen (secondary N) is 2. The van der Waals surface area contributed by atoms with E-state index in [-0.39, 0.29) is 35.7 Å². The third-order valence-corrected chi connectivity index (χ3v) is 0.438. The molecule has 0 bridgehead atoms. The Balaban J connectivity index is 0. The van der Waals surface area contributed by atoms with Crippen LogP contribution in [-0.4, -0.2) is 81.7 Å². The molecule has 12 heteroatoms. The maximum Gasteiger partial charge on any atom is -0.00217 e. The van der Waals surface area contributed by atoms with Crippen LogP contribution in [-0.2, 0) is 0 Å². The van der Waals surface area contributed by atoms with Gasteiger partial charge in [-0.25, -0.2) is 0 Å². The van der Waals surface area contributed by atoms with Crippen LogP contribution in [0.15, 0.2) is 0 Å². The average molecular weight is 183 g/mol. The first-order valence-electron chi connectivity index (χ1n) is 2.09. The van der Waals surface area contributed by atoms with Gasteiger partial charge in [0.25, 0.3) is 0 Å². The van der Waals surface area contributed by atoms with E-state index in [0.29, 0.717) is 0 Å². The van der Waals surface area contributed by atoms with Crippen molar-refractivity contribution in [3.8, 4) is 0 Å². The summed E-state index contributed by atoms with van der Waals surface area (Å²) in [6.45, 7) is 0. The Morgan fingerprint density at radius 2 is 0.833 bits per heavy atom. The fraction of sp³-hybridized carbons (Fsp3) is 0. The molecule has 12 heavy (non-hydrogen) atoms. The van der Waals surface area contributed by atoms with Crippen molar-refractivity contribution < 1.29 is 0 Å². The number of hydrogen-bond donors (Lipinski definition) is 3. The molecule has 0 unspecified atom stereocenters. The molecule has 5 N–H and O–H groups in total. The van der Waals surface area contributed by atoms with E-state index in [1.807, 2.05) is 0 Å². The monoisotopic (exact) mass is 183 g/mol. The summed E-state index contributed by atoms with van der Waals surface area (Å²) in [5, 5.41) is 29.0. The van der Waals surface area contributed by atoms with Crippen molar-refractivity contribution in [3.63, 3.8) is 0 Å². The van der Waals surface area contributed by atoms with E-state index in [9.17, 15) is 0 Å². The average Bonchev–Trinajstić information content (AvgIpc) is 2.67. The Bertz CT molecular complexity index is 144. The first-order chi connectivity index (χ1) is 5.00. The van der Waals surface area contributed by atoms with Crippen molar-refractivity contribution in [2.75, 3.05) is 0 Å². The molecule has 0 aliphatic rings. The number of nitrogens with zero attached hydrogens (tertiary/aromatic N) is 8. The molecule has 2 rings (SSSR count). The van der Waals surface area contributed by atoms with Gasteiger partial charge in [0.05, 0.1) is 0 Å². The summed E-state index contributed by atoms with van der Waals surface area (Å²) in [4.78, 5) is 0. The molecule has 0 aliphatic heterocycles. The van der Waals surface area contributed by atoms with Crippen LogP contribution in [0.3, 0.4) is 0 Å². The number of aromatic nitrogens is 10. The number of aromatic amines is 2. The second-order valence-electron chi connectivity index (χ2n) is 0.958. The van der Waals surface area contributed by atoms with Crippen LogP contribution in [0.4, 0.5) is 0 Å². The molecule has 0 fully saturated rings. The maximum atomic E-state index is 3.12. The van der Waals surface area contributed by atoms with Gasteiger partial charge in [0.1, 0.15) is 0 Å². The summed E-state index contributed by atoms with van der Waals surface area (Å²) in [7, 11) is 0. The zero-order chi connectivity index (χ0) is 7.07. The Labute approximate surface area is 87.9 Å². The van der Waals surface area contributed by atoms with Gasteiger partial charge in [-0.2, -0.15) is 10.4 Å². The van der Waals surface area contributed by atoms with Gasteiger partial charge < -0.3 is 6.15 Å². The maximum absolute atomic E-state index is 3.12. The van der Waals surface area contributed by atoms with Crippen LogP contribution in [0, 0.1) is 0 Å². The first kappa shape index (κ1) is 13.5. The Morgan fingerprint density at radius 1 is 0.583 bits per heavy atom. The standard InChI is InChI=1S/2HN5.H3N.Na.H/c2*1-2-4-5-3-1;;;/h2*(H,1,2,3,4,5);1H3;;. The predicted molar refractivity (Wildman–Crippen MR) is 36.1 cm³/mol. The van der Waals surface area contributed by atoms with Crippen molar-refractivity contribution in [3.05, 3.63) is 0 Å². The van der Waals surface area contributed by atoms with E-state index in [2.05, 4.69) is 52.1 Å². The Morgan fingerprint density at radius 3 is 0.917 bits per heavy atom. The van der Waals surface area contributed by atoms with Crippen LogP contribution in [0.2, 0.25) is 0 Å². The summed E-state index contributed by atoms with van der Waals surface area (Å²) >= 11 is 0. The smallest absolute Gasteiger partial charge is 0.00217 e. The molecular formula is H6N11Na. The van der Waals surface area contributed by atoms with Gasteiger partial charge in [-0.15, -0.1) is 0 Å². The molecule has 0 saturated carbocycles. The molecule has 62 valence electrons. The minimum atomic E-state index is 0. The van der Waals surface area contributed by atoms with E-state index < -0.39 is 0 Å². The predicted octanol–water partition coefficient (Wildman–Crippen LogP) is -3.30. The van der Waals surface area contributed by atoms with Crippen molar-refractivity contribution in [1.82, 2.24) is 58.3 Å². The number of rotatable bonds is 0. The topological polar surface area (TPSA) is 170 Å². The fourth-order valence-corrected chi connectivity index (χ4v) is 0.200. The molecule has 2 aromatic heterocycles. The van der Waals surface area contributed by atoms with Crippen LogP contribution < -0.4 is 6.15 Å². The van der Waals surface area contributed by atoms with Crippen molar-refractivity contribution >= 4 is 29.6 Å². The second kappa shape index (κ2) is 9.96. The molecule has 2 heterocycles. The summed E-state index contributed by atoms with van der Waals surface area (Å²) in [6.07, 6.45) is 0. The van der Waals surface area contributed by atoms with Gasteiger partial charge in [0.2, 0.25) is 0 Å². The summed E-state index contributed by atoms with van der Waals surface area (Å²) in [6, 6.07) is 0. The molecule has 0 aliphatic carbocycles. The van der Waals surface area contributed by atoms with E-state index in [1.165, 1.54) is 0 Å². The van der Waals surface area contributed by atoms with E-state index in [4.69, 9.17) is 0 Å². The quantitative estimate of drug-likeness (QED) is 0.354. The number of H-pyrrole nitrogens is 2. The summed E-state index contributed by atoms with van der Waals surface area (Å²) < 4.78 is 0. The molecule has 0 saturated heterocycles. The van der Waals surface area contributed by atoms with Crippen LogP contribution in [0.1, 0.15) is 0 Å². The second-order valence-corrected chi connectivity index (χ2v) is 0.958. The molecule has 0 spiro atoms. The largest absolute Gasteiger partial charge is 0.157 e. The van der Waals surface area contributed by atoms with Gasteiger partial charge in [0.15, 0.2) is 0 Å².